The zero-order valence-electron chi connectivity index (χ0n) is 9.00. The second-order valence-electron chi connectivity index (χ2n) is 3.81. The first-order valence-corrected chi connectivity index (χ1v) is 6.93. The van der Waals surface area contributed by atoms with Crippen LogP contribution < -0.4 is 5.32 Å². The molecule has 0 spiro atoms. The highest BCUT2D eigenvalue weighted by atomic mass is 79.9. The van der Waals surface area contributed by atoms with Crippen LogP contribution in [0.15, 0.2) is 12.3 Å². The second-order valence-corrected chi connectivity index (χ2v) is 4.93. The maximum Gasteiger partial charge on any atom is 0.287 e. The Morgan fingerprint density at radius 2 is 2.18 bits per heavy atom. The number of amides is 1. The first-order valence-electron chi connectivity index (χ1n) is 4.69. The fraction of sp³-hybridized carbons (Fsp3) is 0.444. The van der Waals surface area contributed by atoms with Crippen molar-refractivity contribution in [1.29, 1.82) is 0 Å². The molecule has 0 bridgehead atoms. The van der Waals surface area contributed by atoms with Crippen LogP contribution >= 0.6 is 31.9 Å². The van der Waals surface area contributed by atoms with Crippen LogP contribution in [-0.4, -0.2) is 32.0 Å². The third-order valence-electron chi connectivity index (χ3n) is 2.13. The number of hydrogen-bond acceptors (Lipinski definition) is 3. The predicted octanol–water partition coefficient (Wildman–Crippen LogP) is 2.20. The van der Waals surface area contributed by atoms with Crippen LogP contribution in [0.2, 0.25) is 0 Å². The number of hydrogen-bond donors (Lipinski definition) is 2. The van der Waals surface area contributed by atoms with Gasteiger partial charge in [-0.1, -0.05) is 31.9 Å². The van der Waals surface area contributed by atoms with Crippen molar-refractivity contribution in [1.82, 2.24) is 10.3 Å². The maximum absolute atomic E-state index is 11.8. The Bertz CT molecular complexity index is 429. The van der Waals surface area contributed by atoms with E-state index >= 15 is 0 Å². The molecule has 1 amide bonds. The van der Waals surface area contributed by atoms with Crippen molar-refractivity contribution in [2.75, 3.05) is 10.7 Å². The average molecular weight is 369 g/mol. The third kappa shape index (κ3) is 3.53. The van der Waals surface area contributed by atoms with Crippen LogP contribution in [0.4, 0.5) is 5.69 Å². The molecule has 0 radical (unpaired) electrons. The van der Waals surface area contributed by atoms with Crippen molar-refractivity contribution in [2.24, 2.45) is 0 Å². The van der Waals surface area contributed by atoms with Gasteiger partial charge >= 0.3 is 0 Å². The summed E-state index contributed by atoms with van der Waals surface area (Å²) in [5, 5.41) is 14.4. The van der Waals surface area contributed by atoms with Gasteiger partial charge in [-0.3, -0.25) is 14.9 Å². The Morgan fingerprint density at radius 1 is 1.59 bits per heavy atom. The molecule has 0 saturated carbocycles. The van der Waals surface area contributed by atoms with Crippen molar-refractivity contribution < 1.29 is 9.72 Å². The number of nitro groups is 1. The topological polar surface area (TPSA) is 88.0 Å². The summed E-state index contributed by atoms with van der Waals surface area (Å²) < 4.78 is 0. The minimum absolute atomic E-state index is 0.130. The van der Waals surface area contributed by atoms with Crippen LogP contribution in [0.25, 0.3) is 0 Å². The van der Waals surface area contributed by atoms with Gasteiger partial charge in [0.2, 0.25) is 0 Å². The summed E-state index contributed by atoms with van der Waals surface area (Å²) in [7, 11) is 0. The summed E-state index contributed by atoms with van der Waals surface area (Å²) in [5.41, 5.74) is -0.406. The molecule has 0 aliphatic carbocycles. The van der Waals surface area contributed by atoms with E-state index in [2.05, 4.69) is 42.2 Å². The number of alkyl halides is 2. The summed E-state index contributed by atoms with van der Waals surface area (Å²) >= 11 is 6.60. The van der Waals surface area contributed by atoms with E-state index in [-0.39, 0.29) is 17.3 Å². The zero-order valence-corrected chi connectivity index (χ0v) is 12.2. The zero-order chi connectivity index (χ0) is 13.1. The molecule has 8 heteroatoms. The number of halogens is 2. The van der Waals surface area contributed by atoms with Gasteiger partial charge in [-0.2, -0.15) is 0 Å². The van der Waals surface area contributed by atoms with E-state index < -0.39 is 10.5 Å². The Labute approximate surface area is 115 Å². The van der Waals surface area contributed by atoms with Gasteiger partial charge in [0.15, 0.2) is 0 Å². The van der Waals surface area contributed by atoms with Gasteiger partial charge in [0.05, 0.1) is 16.7 Å². The molecule has 94 valence electrons. The fourth-order valence-electron chi connectivity index (χ4n) is 1.06. The normalized spacial score (nSPS) is 11.2. The van der Waals surface area contributed by atoms with Gasteiger partial charge in [0.1, 0.15) is 5.69 Å². The lowest BCUT2D eigenvalue weighted by Crippen LogP contribution is -2.49. The predicted molar refractivity (Wildman–Crippen MR) is 70.9 cm³/mol. The summed E-state index contributed by atoms with van der Waals surface area (Å²) in [6, 6.07) is 1.21. The molecule has 0 aliphatic rings. The van der Waals surface area contributed by atoms with Gasteiger partial charge in [-0.25, -0.2) is 0 Å². The smallest absolute Gasteiger partial charge is 0.287 e. The van der Waals surface area contributed by atoms with Crippen LogP contribution in [0.5, 0.6) is 0 Å². The lowest BCUT2D eigenvalue weighted by Gasteiger charge is -2.25. The van der Waals surface area contributed by atoms with E-state index in [9.17, 15) is 14.9 Å². The highest BCUT2D eigenvalue weighted by Gasteiger charge is 2.25. The van der Waals surface area contributed by atoms with Crippen molar-refractivity contribution >= 4 is 43.5 Å². The maximum atomic E-state index is 11.8. The molecule has 0 aromatic carbocycles. The third-order valence-corrected chi connectivity index (χ3v) is 4.60. The quantitative estimate of drug-likeness (QED) is 0.474. The van der Waals surface area contributed by atoms with E-state index in [0.717, 1.165) is 0 Å². The minimum Gasteiger partial charge on any atom is -0.351 e. The van der Waals surface area contributed by atoms with Gasteiger partial charge in [0.25, 0.3) is 11.6 Å². The molecule has 1 rings (SSSR count). The highest BCUT2D eigenvalue weighted by molar-refractivity contribution is 9.09. The van der Waals surface area contributed by atoms with Crippen LogP contribution in [0.1, 0.15) is 17.4 Å². The average Bonchev–Trinajstić information content (AvgIpc) is 2.78. The van der Waals surface area contributed by atoms with E-state index in [0.29, 0.717) is 10.7 Å². The highest BCUT2D eigenvalue weighted by Crippen LogP contribution is 2.15. The van der Waals surface area contributed by atoms with Crippen molar-refractivity contribution in [2.45, 2.75) is 12.5 Å². The molecule has 17 heavy (non-hydrogen) atoms. The summed E-state index contributed by atoms with van der Waals surface area (Å²) in [5.74, 6) is -0.375. The minimum atomic E-state index is -0.554. The van der Waals surface area contributed by atoms with Gasteiger partial charge in [-0.05, 0) is 6.92 Å². The van der Waals surface area contributed by atoms with E-state index in [4.69, 9.17) is 0 Å². The standard InChI is InChI=1S/C9H11Br2N3O3/c1-9(4-10,5-11)13-8(15)7-2-6(3-12-7)14(16)17/h2-3,12H,4-5H2,1H3,(H,13,15). The number of aromatic amines is 1. The number of nitrogens with zero attached hydrogens (tertiary/aromatic N) is 1. The van der Waals surface area contributed by atoms with Crippen molar-refractivity contribution in [3.8, 4) is 0 Å². The number of H-pyrrole nitrogens is 1. The molecule has 1 aromatic heterocycles. The molecule has 6 nitrogen and oxygen atoms in total. The number of carbonyl (C=O) groups is 1. The van der Waals surface area contributed by atoms with E-state index in [1.165, 1.54) is 12.3 Å². The summed E-state index contributed by atoms with van der Waals surface area (Å²) in [4.78, 5) is 24.3. The number of rotatable bonds is 5. The SMILES string of the molecule is CC(CBr)(CBr)NC(=O)c1cc([N+](=O)[O-])c[nH]1. The molecular formula is C9H11Br2N3O3. The largest absolute Gasteiger partial charge is 0.351 e. The van der Waals surface area contributed by atoms with Gasteiger partial charge in [-0.15, -0.1) is 0 Å². The molecule has 0 fully saturated rings. The summed E-state index contributed by atoms with van der Waals surface area (Å²) in [6.45, 7) is 1.85. The van der Waals surface area contributed by atoms with Gasteiger partial charge < -0.3 is 10.3 Å². The van der Waals surface area contributed by atoms with E-state index in [1.807, 2.05) is 6.92 Å². The molecule has 1 heterocycles. The molecule has 0 aliphatic heterocycles. The Morgan fingerprint density at radius 3 is 2.59 bits per heavy atom. The first kappa shape index (κ1) is 14.2. The fourth-order valence-corrected chi connectivity index (χ4v) is 2.27. The van der Waals surface area contributed by atoms with Gasteiger partial charge in [0, 0.05) is 16.7 Å². The Balaban J connectivity index is 2.79. The Kier molecular flexibility index (Phi) is 4.70. The number of aromatic nitrogens is 1. The van der Waals surface area contributed by atoms with Crippen molar-refractivity contribution in [3.05, 3.63) is 28.1 Å². The van der Waals surface area contributed by atoms with E-state index in [1.54, 1.807) is 0 Å². The monoisotopic (exact) mass is 367 g/mol. The second kappa shape index (κ2) is 5.63. The summed E-state index contributed by atoms with van der Waals surface area (Å²) in [6.07, 6.45) is 1.19. The molecular weight excluding hydrogens is 358 g/mol. The lowest BCUT2D eigenvalue weighted by atomic mass is 10.1. The molecule has 2 N–H and O–H groups in total. The molecule has 1 aromatic rings. The van der Waals surface area contributed by atoms with Crippen molar-refractivity contribution in [3.63, 3.8) is 0 Å². The Hall–Kier alpha value is -0.890. The van der Waals surface area contributed by atoms with Crippen LogP contribution in [0.3, 0.4) is 0 Å². The number of nitrogens with one attached hydrogen (secondary N) is 2. The first-order chi connectivity index (χ1) is 7.91. The molecule has 0 atom stereocenters. The van der Waals surface area contributed by atoms with Crippen LogP contribution in [0, 0.1) is 10.1 Å². The lowest BCUT2D eigenvalue weighted by molar-refractivity contribution is -0.384. The number of carbonyl (C=O) groups excluding carboxylic acids is 1. The van der Waals surface area contributed by atoms with Crippen LogP contribution in [-0.2, 0) is 0 Å². The molecule has 0 unspecified atom stereocenters. The molecule has 0 saturated heterocycles.